The number of carbonyl (C=O) groups excluding carboxylic acids is 1. The summed E-state index contributed by atoms with van der Waals surface area (Å²) in [7, 11) is 0. The molecule has 0 N–H and O–H groups in total. The van der Waals surface area contributed by atoms with Crippen LogP contribution in [-0.4, -0.2) is 22.0 Å². The topological polar surface area (TPSA) is 38.1 Å². The molecule has 1 atom stereocenters. The molecule has 4 nitrogen and oxygen atoms in total. The van der Waals surface area contributed by atoms with Gasteiger partial charge in [-0.2, -0.15) is 0 Å². The average molecular weight is 416 g/mol. The van der Waals surface area contributed by atoms with Crippen molar-refractivity contribution in [2.75, 3.05) is 11.4 Å². The molecule has 0 aliphatic carbocycles. The molecule has 3 aromatic carbocycles. The van der Waals surface area contributed by atoms with Crippen LogP contribution in [0.5, 0.6) is 0 Å². The van der Waals surface area contributed by atoms with Crippen molar-refractivity contribution in [2.45, 2.75) is 25.8 Å². The number of amides is 1. The van der Waals surface area contributed by atoms with E-state index in [0.29, 0.717) is 19.5 Å². The first-order valence-corrected chi connectivity index (χ1v) is 10.5. The highest BCUT2D eigenvalue weighted by Crippen LogP contribution is 2.34. The lowest BCUT2D eigenvalue weighted by Crippen LogP contribution is -2.24. The fourth-order valence-corrected chi connectivity index (χ4v) is 4.40. The number of fused-ring (bicyclic) bond motifs is 1. The number of anilines is 1. The van der Waals surface area contributed by atoms with Crippen molar-refractivity contribution in [1.29, 1.82) is 0 Å². The number of halogens is 1. The summed E-state index contributed by atoms with van der Waals surface area (Å²) >= 11 is 6.06. The second-order valence-electron chi connectivity index (χ2n) is 7.92. The van der Waals surface area contributed by atoms with E-state index in [1.54, 1.807) is 0 Å². The Morgan fingerprint density at radius 3 is 2.63 bits per heavy atom. The molecular weight excluding hydrogens is 394 g/mol. The van der Waals surface area contributed by atoms with E-state index < -0.39 is 0 Å². The Kier molecular flexibility index (Phi) is 4.80. The molecule has 1 aliphatic heterocycles. The molecule has 0 bridgehead atoms. The zero-order chi connectivity index (χ0) is 20.7. The fourth-order valence-electron chi connectivity index (χ4n) is 4.27. The molecule has 150 valence electrons. The van der Waals surface area contributed by atoms with E-state index in [4.69, 9.17) is 16.6 Å². The molecule has 1 aliphatic rings. The monoisotopic (exact) mass is 415 g/mol. The van der Waals surface area contributed by atoms with Crippen LogP contribution in [0.15, 0.2) is 72.8 Å². The minimum atomic E-state index is 0.0534. The third kappa shape index (κ3) is 3.48. The lowest BCUT2D eigenvalue weighted by atomic mass is 10.1. The third-order valence-corrected chi connectivity index (χ3v) is 5.99. The molecular formula is C25H22ClN3O. The number of para-hydroxylation sites is 2. The Bertz CT molecular complexity index is 1230. The van der Waals surface area contributed by atoms with Crippen LogP contribution in [0.2, 0.25) is 5.02 Å². The predicted octanol–water partition coefficient (Wildman–Crippen LogP) is 5.57. The first-order chi connectivity index (χ1) is 14.6. The first kappa shape index (κ1) is 18.9. The van der Waals surface area contributed by atoms with E-state index >= 15 is 0 Å². The summed E-state index contributed by atoms with van der Waals surface area (Å²) in [6, 6.07) is 24.2. The fraction of sp³-hybridized carbons (Fsp3) is 0.200. The van der Waals surface area contributed by atoms with Crippen molar-refractivity contribution < 1.29 is 4.79 Å². The van der Waals surface area contributed by atoms with Crippen molar-refractivity contribution in [1.82, 2.24) is 9.55 Å². The van der Waals surface area contributed by atoms with Crippen LogP contribution in [-0.2, 0) is 11.3 Å². The van der Waals surface area contributed by atoms with Crippen molar-refractivity contribution in [3.8, 4) is 0 Å². The third-order valence-electron chi connectivity index (χ3n) is 5.74. The highest BCUT2D eigenvalue weighted by atomic mass is 35.5. The predicted molar refractivity (Wildman–Crippen MR) is 121 cm³/mol. The Morgan fingerprint density at radius 2 is 1.83 bits per heavy atom. The van der Waals surface area contributed by atoms with Crippen LogP contribution in [0.25, 0.3) is 11.0 Å². The van der Waals surface area contributed by atoms with Crippen molar-refractivity contribution in [3.63, 3.8) is 0 Å². The van der Waals surface area contributed by atoms with Crippen molar-refractivity contribution >= 4 is 34.2 Å². The molecule has 0 saturated carbocycles. The molecule has 0 spiro atoms. The molecule has 5 heteroatoms. The van der Waals surface area contributed by atoms with Crippen LogP contribution in [0.3, 0.4) is 0 Å². The molecule has 1 aromatic heterocycles. The van der Waals surface area contributed by atoms with Gasteiger partial charge in [0.25, 0.3) is 0 Å². The average Bonchev–Trinajstić information content (AvgIpc) is 3.30. The SMILES string of the molecule is Cc1cccc(N2C[C@@H](c3nc4ccccc4n3Cc3ccc(Cl)cc3)CC2=O)c1. The maximum atomic E-state index is 12.9. The van der Waals surface area contributed by atoms with Gasteiger partial charge in [-0.1, -0.05) is 48.0 Å². The van der Waals surface area contributed by atoms with Gasteiger partial charge in [0.1, 0.15) is 5.82 Å². The number of nitrogens with zero attached hydrogens (tertiary/aromatic N) is 3. The van der Waals surface area contributed by atoms with Gasteiger partial charge in [-0.05, 0) is 54.4 Å². The lowest BCUT2D eigenvalue weighted by Gasteiger charge is -2.18. The molecule has 5 rings (SSSR count). The van der Waals surface area contributed by atoms with Gasteiger partial charge in [0, 0.05) is 36.1 Å². The van der Waals surface area contributed by atoms with Crippen molar-refractivity contribution in [2.24, 2.45) is 0 Å². The zero-order valence-corrected chi connectivity index (χ0v) is 17.5. The minimum absolute atomic E-state index is 0.0534. The Hall–Kier alpha value is -3.11. The summed E-state index contributed by atoms with van der Waals surface area (Å²) < 4.78 is 2.25. The quantitative estimate of drug-likeness (QED) is 0.437. The Balaban J connectivity index is 1.52. The van der Waals surface area contributed by atoms with Crippen LogP contribution >= 0.6 is 11.6 Å². The van der Waals surface area contributed by atoms with E-state index in [9.17, 15) is 4.79 Å². The van der Waals surface area contributed by atoms with E-state index in [-0.39, 0.29) is 11.8 Å². The van der Waals surface area contributed by atoms with E-state index in [1.165, 1.54) is 0 Å². The normalized spacial score (nSPS) is 16.5. The molecule has 1 amide bonds. The van der Waals surface area contributed by atoms with Crippen molar-refractivity contribution in [3.05, 3.63) is 94.8 Å². The van der Waals surface area contributed by atoms with Gasteiger partial charge in [-0.3, -0.25) is 4.79 Å². The van der Waals surface area contributed by atoms with E-state index in [1.807, 2.05) is 72.5 Å². The van der Waals surface area contributed by atoms with Crippen LogP contribution in [0, 0.1) is 6.92 Å². The molecule has 1 saturated heterocycles. The van der Waals surface area contributed by atoms with Crippen LogP contribution < -0.4 is 4.90 Å². The standard InChI is InChI=1S/C25H22ClN3O/c1-17-5-4-6-21(13-17)28-16-19(14-24(28)30)25-27-22-7-2-3-8-23(22)29(25)15-18-9-11-20(26)12-10-18/h2-13,19H,14-16H2,1H3/t19-/m0/s1. The van der Waals surface area contributed by atoms with Gasteiger partial charge in [-0.25, -0.2) is 4.98 Å². The minimum Gasteiger partial charge on any atom is -0.323 e. The number of carbonyl (C=O) groups is 1. The van der Waals surface area contributed by atoms with Gasteiger partial charge in [-0.15, -0.1) is 0 Å². The molecule has 0 unspecified atom stereocenters. The van der Waals surface area contributed by atoms with Crippen LogP contribution in [0.4, 0.5) is 5.69 Å². The number of aryl methyl sites for hydroxylation is 1. The van der Waals surface area contributed by atoms with Gasteiger partial charge >= 0.3 is 0 Å². The number of rotatable bonds is 4. The number of hydrogen-bond acceptors (Lipinski definition) is 2. The van der Waals surface area contributed by atoms with Gasteiger partial charge < -0.3 is 9.47 Å². The molecule has 30 heavy (non-hydrogen) atoms. The summed E-state index contributed by atoms with van der Waals surface area (Å²) in [6.45, 7) is 3.39. The highest BCUT2D eigenvalue weighted by Gasteiger charge is 2.34. The number of aromatic nitrogens is 2. The Labute approximate surface area is 180 Å². The summed E-state index contributed by atoms with van der Waals surface area (Å²) in [6.07, 6.45) is 0.470. The largest absolute Gasteiger partial charge is 0.323 e. The molecule has 4 aromatic rings. The molecule has 2 heterocycles. The van der Waals surface area contributed by atoms with E-state index in [0.717, 1.165) is 38.7 Å². The highest BCUT2D eigenvalue weighted by molar-refractivity contribution is 6.30. The zero-order valence-electron chi connectivity index (χ0n) is 16.8. The van der Waals surface area contributed by atoms with Gasteiger partial charge in [0.15, 0.2) is 0 Å². The summed E-state index contributed by atoms with van der Waals surface area (Å²) in [5.41, 5.74) is 5.32. The smallest absolute Gasteiger partial charge is 0.227 e. The van der Waals surface area contributed by atoms with Crippen LogP contribution in [0.1, 0.15) is 29.3 Å². The van der Waals surface area contributed by atoms with Gasteiger partial charge in [0.05, 0.1) is 11.0 Å². The maximum absolute atomic E-state index is 12.9. The number of benzene rings is 3. The Morgan fingerprint density at radius 1 is 1.03 bits per heavy atom. The maximum Gasteiger partial charge on any atom is 0.227 e. The first-order valence-electron chi connectivity index (χ1n) is 10.1. The molecule has 1 fully saturated rings. The van der Waals surface area contributed by atoms with Gasteiger partial charge in [0.2, 0.25) is 5.91 Å². The summed E-state index contributed by atoms with van der Waals surface area (Å²) in [4.78, 5) is 19.7. The van der Waals surface area contributed by atoms with E-state index in [2.05, 4.69) is 16.7 Å². The summed E-state index contributed by atoms with van der Waals surface area (Å²) in [5.74, 6) is 1.17. The summed E-state index contributed by atoms with van der Waals surface area (Å²) in [5, 5.41) is 0.727. The lowest BCUT2D eigenvalue weighted by molar-refractivity contribution is -0.117. The molecule has 0 radical (unpaired) electrons. The second kappa shape index (κ2) is 7.62. The number of hydrogen-bond donors (Lipinski definition) is 0. The second-order valence-corrected chi connectivity index (χ2v) is 8.35. The number of imidazole rings is 1.